The van der Waals surface area contributed by atoms with E-state index in [9.17, 15) is 0 Å². The van der Waals surface area contributed by atoms with Gasteiger partial charge in [-0.15, -0.1) is 0 Å². The van der Waals surface area contributed by atoms with Gasteiger partial charge in [-0.05, 0) is 12.1 Å². The monoisotopic (exact) mass is 175 g/mol. The van der Waals surface area contributed by atoms with Crippen LogP contribution in [-0.4, -0.2) is 4.98 Å². The molecular weight excluding hydrogens is 158 g/mol. The summed E-state index contributed by atoms with van der Waals surface area (Å²) in [4.78, 5) is 3.96. The molecule has 13 heavy (non-hydrogen) atoms. The highest BCUT2D eigenvalue weighted by atomic mass is 14.6. The van der Waals surface area contributed by atoms with Crippen LogP contribution in [0.5, 0.6) is 0 Å². The lowest BCUT2D eigenvalue weighted by Crippen LogP contribution is -1.80. The number of hydrogen-bond acceptors (Lipinski definition) is 1. The Bertz CT molecular complexity index is 264. The molecule has 0 unspecified atom stereocenters. The molecule has 70 valence electrons. The van der Waals surface area contributed by atoms with Crippen LogP contribution in [0.25, 0.3) is 0 Å². The Morgan fingerprint density at radius 2 is 2.00 bits per heavy atom. The summed E-state index contributed by atoms with van der Waals surface area (Å²) in [6.45, 7) is 8.15. The van der Waals surface area contributed by atoms with Gasteiger partial charge in [0, 0.05) is 23.9 Å². The van der Waals surface area contributed by atoms with Gasteiger partial charge in [0.1, 0.15) is 0 Å². The summed E-state index contributed by atoms with van der Waals surface area (Å²) in [7, 11) is 0. The largest absolute Gasteiger partial charge is 0.263 e. The third-order valence-electron chi connectivity index (χ3n) is 1.17. The molecule has 0 spiro atoms. The Kier molecular flexibility index (Phi) is 6.63. The first-order chi connectivity index (χ1) is 6.29. The highest BCUT2D eigenvalue weighted by Crippen LogP contribution is 1.93. The van der Waals surface area contributed by atoms with Crippen molar-refractivity contribution in [2.75, 3.05) is 0 Å². The number of hydrogen-bond donors (Lipinski definition) is 0. The van der Waals surface area contributed by atoms with Gasteiger partial charge in [0.05, 0.1) is 0 Å². The summed E-state index contributed by atoms with van der Waals surface area (Å²) in [6, 6.07) is 3.85. The van der Waals surface area contributed by atoms with Crippen molar-refractivity contribution in [3.63, 3.8) is 0 Å². The summed E-state index contributed by atoms with van der Waals surface area (Å²) in [5.41, 5.74) is 0.987. The fraction of sp³-hybridized carbons (Fsp3) is 0.417. The first-order valence-electron chi connectivity index (χ1n) is 4.70. The van der Waals surface area contributed by atoms with E-state index in [2.05, 4.69) is 30.7 Å². The zero-order chi connectivity index (χ0) is 10.1. The highest BCUT2D eigenvalue weighted by Gasteiger charge is 1.84. The second kappa shape index (κ2) is 7.36. The van der Waals surface area contributed by atoms with Crippen LogP contribution in [0.2, 0.25) is 0 Å². The molecule has 1 aromatic heterocycles. The Balaban J connectivity index is 0.000000671. The van der Waals surface area contributed by atoms with Gasteiger partial charge in [-0.1, -0.05) is 39.5 Å². The molecule has 0 aliphatic carbocycles. The van der Waals surface area contributed by atoms with E-state index in [1.54, 1.807) is 12.4 Å². The maximum atomic E-state index is 3.96. The van der Waals surface area contributed by atoms with Crippen molar-refractivity contribution in [1.29, 1.82) is 0 Å². The maximum Gasteiger partial charge on any atom is 0.0428 e. The molecule has 0 aliphatic rings. The molecule has 0 amide bonds. The van der Waals surface area contributed by atoms with Crippen molar-refractivity contribution >= 4 is 0 Å². The molecular formula is C12H17N. The van der Waals surface area contributed by atoms with E-state index in [1.807, 2.05) is 26.0 Å². The zero-order valence-corrected chi connectivity index (χ0v) is 8.83. The molecule has 1 aromatic rings. The van der Waals surface area contributed by atoms with Crippen LogP contribution in [0.3, 0.4) is 0 Å². The van der Waals surface area contributed by atoms with E-state index in [0.717, 1.165) is 5.56 Å². The lowest BCUT2D eigenvalue weighted by Gasteiger charge is -1.88. The van der Waals surface area contributed by atoms with Crippen LogP contribution in [0.1, 0.15) is 33.3 Å². The van der Waals surface area contributed by atoms with Gasteiger partial charge in [-0.25, -0.2) is 0 Å². The minimum absolute atomic E-state index is 0.426. The SMILES string of the molecule is CC.CC(C)C#Cc1cccnc1. The molecule has 0 N–H and O–H groups in total. The van der Waals surface area contributed by atoms with Gasteiger partial charge in [0.25, 0.3) is 0 Å². The van der Waals surface area contributed by atoms with Gasteiger partial charge in [0.15, 0.2) is 0 Å². The predicted molar refractivity (Wildman–Crippen MR) is 57.3 cm³/mol. The molecule has 1 nitrogen and oxygen atoms in total. The van der Waals surface area contributed by atoms with Crippen LogP contribution < -0.4 is 0 Å². The minimum atomic E-state index is 0.426. The number of pyridine rings is 1. The summed E-state index contributed by atoms with van der Waals surface area (Å²) >= 11 is 0. The first-order valence-corrected chi connectivity index (χ1v) is 4.70. The number of aromatic nitrogens is 1. The quantitative estimate of drug-likeness (QED) is 0.552. The third kappa shape index (κ3) is 5.93. The predicted octanol–water partition coefficient (Wildman–Crippen LogP) is 3.12. The molecule has 0 fully saturated rings. The topological polar surface area (TPSA) is 12.9 Å². The standard InChI is InChI=1S/C10H11N.C2H6/c1-9(2)5-6-10-4-3-7-11-8-10;1-2/h3-4,7-9H,1-2H3;1-2H3. The molecule has 0 bridgehead atoms. The fourth-order valence-corrected chi connectivity index (χ4v) is 0.664. The molecule has 1 heterocycles. The van der Waals surface area contributed by atoms with Crippen molar-refractivity contribution in [2.24, 2.45) is 5.92 Å². The van der Waals surface area contributed by atoms with E-state index >= 15 is 0 Å². The fourth-order valence-electron chi connectivity index (χ4n) is 0.664. The molecule has 0 atom stereocenters. The van der Waals surface area contributed by atoms with Crippen LogP contribution in [0.15, 0.2) is 24.5 Å². The van der Waals surface area contributed by atoms with Crippen molar-refractivity contribution < 1.29 is 0 Å². The van der Waals surface area contributed by atoms with E-state index in [1.165, 1.54) is 0 Å². The van der Waals surface area contributed by atoms with Gasteiger partial charge >= 0.3 is 0 Å². The lowest BCUT2D eigenvalue weighted by molar-refractivity contribution is 0.866. The van der Waals surface area contributed by atoms with Crippen molar-refractivity contribution in [1.82, 2.24) is 4.98 Å². The molecule has 0 saturated carbocycles. The van der Waals surface area contributed by atoms with E-state index in [4.69, 9.17) is 0 Å². The van der Waals surface area contributed by atoms with Crippen molar-refractivity contribution in [3.05, 3.63) is 30.1 Å². The van der Waals surface area contributed by atoms with Gasteiger partial charge in [-0.3, -0.25) is 4.98 Å². The second-order valence-electron chi connectivity index (χ2n) is 2.67. The van der Waals surface area contributed by atoms with Crippen molar-refractivity contribution in [3.8, 4) is 11.8 Å². The Morgan fingerprint density at radius 3 is 2.46 bits per heavy atom. The van der Waals surface area contributed by atoms with Crippen LogP contribution in [0.4, 0.5) is 0 Å². The molecule has 0 aromatic carbocycles. The Hall–Kier alpha value is -1.29. The van der Waals surface area contributed by atoms with E-state index < -0.39 is 0 Å². The van der Waals surface area contributed by atoms with Crippen molar-refractivity contribution in [2.45, 2.75) is 27.7 Å². The van der Waals surface area contributed by atoms with Crippen LogP contribution in [-0.2, 0) is 0 Å². The summed E-state index contributed by atoms with van der Waals surface area (Å²) in [5.74, 6) is 6.53. The summed E-state index contributed by atoms with van der Waals surface area (Å²) in [5, 5.41) is 0. The normalized spacial score (nSPS) is 8.08. The average Bonchev–Trinajstić information content (AvgIpc) is 2.19. The van der Waals surface area contributed by atoms with Crippen LogP contribution >= 0.6 is 0 Å². The molecule has 1 heteroatoms. The average molecular weight is 175 g/mol. The maximum absolute atomic E-state index is 3.96. The zero-order valence-electron chi connectivity index (χ0n) is 8.83. The Labute approximate surface area is 81.2 Å². The molecule has 0 radical (unpaired) electrons. The summed E-state index contributed by atoms with van der Waals surface area (Å²) in [6.07, 6.45) is 3.52. The molecule has 0 aliphatic heterocycles. The van der Waals surface area contributed by atoms with Gasteiger partial charge < -0.3 is 0 Å². The van der Waals surface area contributed by atoms with Crippen LogP contribution in [0, 0.1) is 17.8 Å². The number of nitrogens with zero attached hydrogens (tertiary/aromatic N) is 1. The Morgan fingerprint density at radius 1 is 1.31 bits per heavy atom. The third-order valence-corrected chi connectivity index (χ3v) is 1.17. The number of rotatable bonds is 0. The van der Waals surface area contributed by atoms with E-state index in [0.29, 0.717) is 5.92 Å². The lowest BCUT2D eigenvalue weighted by atomic mass is 10.2. The molecule has 0 saturated heterocycles. The molecule has 1 rings (SSSR count). The first kappa shape index (κ1) is 11.7. The van der Waals surface area contributed by atoms with Gasteiger partial charge in [-0.2, -0.15) is 0 Å². The van der Waals surface area contributed by atoms with E-state index in [-0.39, 0.29) is 0 Å². The second-order valence-corrected chi connectivity index (χ2v) is 2.67. The summed E-state index contributed by atoms with van der Waals surface area (Å²) < 4.78 is 0. The smallest absolute Gasteiger partial charge is 0.0428 e. The minimum Gasteiger partial charge on any atom is -0.263 e. The highest BCUT2D eigenvalue weighted by molar-refractivity contribution is 5.31. The van der Waals surface area contributed by atoms with Gasteiger partial charge in [0.2, 0.25) is 0 Å².